The Morgan fingerprint density at radius 2 is 2.03 bits per heavy atom. The zero-order chi connectivity index (χ0) is 20.4. The van der Waals surface area contributed by atoms with Crippen LogP contribution in [-0.2, 0) is 17.1 Å². The normalized spacial score (nSPS) is 18.0. The van der Waals surface area contributed by atoms with Crippen molar-refractivity contribution in [1.82, 2.24) is 5.32 Å². The molecule has 1 atom stereocenters. The molecule has 0 saturated carbocycles. The number of benzene rings is 2. The van der Waals surface area contributed by atoms with Gasteiger partial charge in [-0.05, 0) is 29.6 Å². The fourth-order valence-electron chi connectivity index (χ4n) is 3.32. The van der Waals surface area contributed by atoms with Crippen LogP contribution < -0.4 is 20.3 Å². The summed E-state index contributed by atoms with van der Waals surface area (Å²) in [6.45, 7) is 0.245. The van der Waals surface area contributed by atoms with Gasteiger partial charge in [0.15, 0.2) is 0 Å². The standard InChI is InChI=1S/C21H19N3O4S/c1-28-15-7-4-6-14(12-15)24-20(26)23-18-10-3-2-9-17(18)21(24,27)19(25)22-13-16-8-5-11-29-16/h2-12,27H,13H2,1H3,(H,22,25)(H,23,26). The van der Waals surface area contributed by atoms with Crippen molar-refractivity contribution in [3.63, 3.8) is 0 Å². The number of para-hydroxylation sites is 1. The average molecular weight is 409 g/mol. The number of nitrogens with one attached hydrogen (secondary N) is 2. The Morgan fingerprint density at radius 1 is 1.21 bits per heavy atom. The first kappa shape index (κ1) is 19.0. The van der Waals surface area contributed by atoms with Crippen molar-refractivity contribution in [2.24, 2.45) is 0 Å². The second-order valence-electron chi connectivity index (χ2n) is 6.45. The van der Waals surface area contributed by atoms with E-state index in [1.54, 1.807) is 48.5 Å². The van der Waals surface area contributed by atoms with E-state index in [9.17, 15) is 14.7 Å². The number of aliphatic hydroxyl groups is 1. The van der Waals surface area contributed by atoms with Gasteiger partial charge in [-0.25, -0.2) is 4.79 Å². The minimum absolute atomic E-state index is 0.245. The number of hydrogen-bond acceptors (Lipinski definition) is 5. The number of rotatable bonds is 5. The van der Waals surface area contributed by atoms with Crippen LogP contribution in [0.15, 0.2) is 66.0 Å². The Bertz CT molecular complexity index is 1050. The number of amides is 3. The highest BCUT2D eigenvalue weighted by Gasteiger charge is 2.51. The van der Waals surface area contributed by atoms with Gasteiger partial charge < -0.3 is 20.5 Å². The Kier molecular flexibility index (Phi) is 4.96. The molecule has 3 N–H and O–H groups in total. The number of methoxy groups -OCH3 is 1. The number of hydrogen-bond donors (Lipinski definition) is 3. The summed E-state index contributed by atoms with van der Waals surface area (Å²) in [5.74, 6) is -0.202. The third-order valence-electron chi connectivity index (χ3n) is 4.70. The van der Waals surface area contributed by atoms with Crippen molar-refractivity contribution < 1.29 is 19.4 Å². The zero-order valence-electron chi connectivity index (χ0n) is 15.6. The first-order valence-electron chi connectivity index (χ1n) is 8.92. The molecular weight excluding hydrogens is 390 g/mol. The maximum absolute atomic E-state index is 13.3. The summed E-state index contributed by atoms with van der Waals surface area (Å²) in [7, 11) is 1.50. The molecule has 0 spiro atoms. The van der Waals surface area contributed by atoms with Crippen molar-refractivity contribution >= 4 is 34.6 Å². The van der Waals surface area contributed by atoms with E-state index in [-0.39, 0.29) is 12.1 Å². The van der Waals surface area contributed by atoms with E-state index in [1.165, 1.54) is 18.4 Å². The molecule has 3 amide bonds. The van der Waals surface area contributed by atoms with Crippen molar-refractivity contribution in [2.45, 2.75) is 12.3 Å². The molecule has 0 saturated heterocycles. The number of carbonyl (C=O) groups excluding carboxylic acids is 2. The van der Waals surface area contributed by atoms with Gasteiger partial charge in [0, 0.05) is 16.5 Å². The molecule has 0 fully saturated rings. The van der Waals surface area contributed by atoms with Gasteiger partial charge in [0.1, 0.15) is 5.75 Å². The quantitative estimate of drug-likeness (QED) is 0.603. The zero-order valence-corrected chi connectivity index (χ0v) is 16.4. The van der Waals surface area contributed by atoms with E-state index >= 15 is 0 Å². The number of nitrogens with zero attached hydrogens (tertiary/aromatic N) is 1. The van der Waals surface area contributed by atoms with Gasteiger partial charge in [-0.3, -0.25) is 9.69 Å². The summed E-state index contributed by atoms with van der Waals surface area (Å²) in [6.07, 6.45) is 0. The first-order valence-corrected chi connectivity index (χ1v) is 9.80. The Hall–Kier alpha value is -3.36. The van der Waals surface area contributed by atoms with Gasteiger partial charge in [0.2, 0.25) is 0 Å². The maximum atomic E-state index is 13.3. The number of urea groups is 1. The van der Waals surface area contributed by atoms with E-state index < -0.39 is 17.7 Å². The van der Waals surface area contributed by atoms with Crippen LogP contribution in [0.2, 0.25) is 0 Å². The van der Waals surface area contributed by atoms with Crippen LogP contribution in [0, 0.1) is 0 Å². The lowest BCUT2D eigenvalue weighted by Crippen LogP contribution is -2.62. The summed E-state index contributed by atoms with van der Waals surface area (Å²) >= 11 is 1.49. The summed E-state index contributed by atoms with van der Waals surface area (Å²) < 4.78 is 5.24. The van der Waals surface area contributed by atoms with Crippen LogP contribution in [0.1, 0.15) is 10.4 Å². The average Bonchev–Trinajstić information content (AvgIpc) is 3.26. The molecule has 8 heteroatoms. The summed E-state index contributed by atoms with van der Waals surface area (Å²) in [5.41, 5.74) is -1.25. The van der Waals surface area contributed by atoms with Gasteiger partial charge in [0.25, 0.3) is 11.6 Å². The summed E-state index contributed by atoms with van der Waals surface area (Å²) in [6, 6.07) is 16.5. The highest BCUT2D eigenvalue weighted by Crippen LogP contribution is 2.40. The van der Waals surface area contributed by atoms with Crippen LogP contribution in [0.4, 0.5) is 16.2 Å². The van der Waals surface area contributed by atoms with E-state index in [0.717, 1.165) is 9.78 Å². The fourth-order valence-corrected chi connectivity index (χ4v) is 3.96. The molecular formula is C21H19N3O4S. The molecule has 0 aliphatic carbocycles. The molecule has 1 aliphatic heterocycles. The van der Waals surface area contributed by atoms with Crippen molar-refractivity contribution in [3.05, 3.63) is 76.5 Å². The monoisotopic (exact) mass is 409 g/mol. The van der Waals surface area contributed by atoms with Crippen LogP contribution in [0.5, 0.6) is 5.75 Å². The topological polar surface area (TPSA) is 90.9 Å². The predicted molar refractivity (Wildman–Crippen MR) is 111 cm³/mol. The third-order valence-corrected chi connectivity index (χ3v) is 5.58. The van der Waals surface area contributed by atoms with Gasteiger partial charge in [-0.1, -0.05) is 30.3 Å². The largest absolute Gasteiger partial charge is 0.497 e. The number of ether oxygens (including phenoxy) is 1. The van der Waals surface area contributed by atoms with E-state index in [0.29, 0.717) is 17.1 Å². The Morgan fingerprint density at radius 3 is 2.79 bits per heavy atom. The highest BCUT2D eigenvalue weighted by atomic mass is 32.1. The molecule has 1 aliphatic rings. The van der Waals surface area contributed by atoms with E-state index in [4.69, 9.17) is 4.74 Å². The number of fused-ring (bicyclic) bond motifs is 1. The van der Waals surface area contributed by atoms with Gasteiger partial charge in [-0.15, -0.1) is 11.3 Å². The lowest BCUT2D eigenvalue weighted by molar-refractivity contribution is -0.140. The molecule has 1 unspecified atom stereocenters. The maximum Gasteiger partial charge on any atom is 0.329 e. The summed E-state index contributed by atoms with van der Waals surface area (Å²) in [4.78, 5) is 28.2. The van der Waals surface area contributed by atoms with E-state index in [2.05, 4.69) is 10.6 Å². The SMILES string of the molecule is COc1cccc(N2C(=O)Nc3ccccc3C2(O)C(=O)NCc2cccs2)c1. The van der Waals surface area contributed by atoms with Gasteiger partial charge >= 0.3 is 6.03 Å². The predicted octanol–water partition coefficient (Wildman–Crippen LogP) is 3.27. The highest BCUT2D eigenvalue weighted by molar-refractivity contribution is 7.09. The summed E-state index contributed by atoms with van der Waals surface area (Å²) in [5, 5.41) is 19.1. The fraction of sp³-hybridized carbons (Fsp3) is 0.143. The first-order chi connectivity index (χ1) is 14.0. The molecule has 7 nitrogen and oxygen atoms in total. The van der Waals surface area contributed by atoms with Crippen molar-refractivity contribution in [3.8, 4) is 5.75 Å². The second-order valence-corrected chi connectivity index (χ2v) is 7.48. The number of thiophene rings is 1. The number of anilines is 2. The molecule has 0 bridgehead atoms. The van der Waals surface area contributed by atoms with Gasteiger partial charge in [0.05, 0.1) is 25.0 Å². The third kappa shape index (κ3) is 3.32. The lowest BCUT2D eigenvalue weighted by atomic mass is 9.94. The van der Waals surface area contributed by atoms with Crippen LogP contribution in [-0.4, -0.2) is 24.2 Å². The molecule has 2 heterocycles. The molecule has 3 aromatic rings. The minimum atomic E-state index is -2.23. The second kappa shape index (κ2) is 7.57. The molecule has 0 radical (unpaired) electrons. The molecule has 29 heavy (non-hydrogen) atoms. The molecule has 148 valence electrons. The van der Waals surface area contributed by atoms with Gasteiger partial charge in [-0.2, -0.15) is 0 Å². The molecule has 2 aromatic carbocycles. The lowest BCUT2D eigenvalue weighted by Gasteiger charge is -2.42. The molecule has 4 rings (SSSR count). The number of carbonyl (C=O) groups is 2. The minimum Gasteiger partial charge on any atom is -0.497 e. The van der Waals surface area contributed by atoms with E-state index in [1.807, 2.05) is 17.5 Å². The Labute approximate surface area is 171 Å². The van der Waals surface area contributed by atoms with Crippen LogP contribution in [0.3, 0.4) is 0 Å². The smallest absolute Gasteiger partial charge is 0.329 e. The van der Waals surface area contributed by atoms with Crippen molar-refractivity contribution in [2.75, 3.05) is 17.3 Å². The van der Waals surface area contributed by atoms with Crippen molar-refractivity contribution in [1.29, 1.82) is 0 Å². The van der Waals surface area contributed by atoms with Crippen LogP contribution in [0.25, 0.3) is 0 Å². The molecule has 1 aromatic heterocycles. The Balaban J connectivity index is 1.79. The van der Waals surface area contributed by atoms with Crippen LogP contribution >= 0.6 is 11.3 Å².